The molecule has 0 aliphatic carbocycles. The summed E-state index contributed by atoms with van der Waals surface area (Å²) in [5.74, 6) is 0.153. The van der Waals surface area contributed by atoms with Crippen molar-refractivity contribution in [3.05, 3.63) is 76.8 Å². The van der Waals surface area contributed by atoms with Gasteiger partial charge in [-0.2, -0.15) is 0 Å². The fraction of sp³-hybridized carbons (Fsp3) is 0.208. The van der Waals surface area contributed by atoms with Crippen molar-refractivity contribution in [3.63, 3.8) is 0 Å². The van der Waals surface area contributed by atoms with Crippen molar-refractivity contribution >= 4 is 38.9 Å². The number of nitrogens with one attached hydrogen (secondary N) is 1. The molecule has 0 saturated carbocycles. The zero-order valence-electron chi connectivity index (χ0n) is 18.8. The van der Waals surface area contributed by atoms with E-state index >= 15 is 0 Å². The molecule has 0 unspecified atom stereocenters. The minimum absolute atomic E-state index is 0.0460. The van der Waals surface area contributed by atoms with E-state index in [4.69, 9.17) is 21.1 Å². The second kappa shape index (κ2) is 10.1. The molecule has 0 aliphatic rings. The lowest BCUT2D eigenvalue weighted by molar-refractivity contribution is -0.114. The van der Waals surface area contributed by atoms with Gasteiger partial charge in [-0.25, -0.2) is 8.42 Å². The van der Waals surface area contributed by atoms with Gasteiger partial charge in [0.15, 0.2) is 0 Å². The van der Waals surface area contributed by atoms with Gasteiger partial charge in [0, 0.05) is 16.8 Å². The number of hydrogen-bond acceptors (Lipinski definition) is 5. The molecule has 0 fully saturated rings. The van der Waals surface area contributed by atoms with E-state index in [1.807, 2.05) is 13.8 Å². The molecule has 3 aromatic rings. The fourth-order valence-corrected chi connectivity index (χ4v) is 4.77. The maximum atomic E-state index is 13.6. The fourth-order valence-electron chi connectivity index (χ4n) is 3.18. The number of aryl methyl sites for hydroxylation is 2. The Morgan fingerprint density at radius 2 is 1.67 bits per heavy atom. The third-order valence-electron chi connectivity index (χ3n) is 5.02. The molecule has 1 N–H and O–H groups in total. The lowest BCUT2D eigenvalue weighted by Crippen LogP contribution is -2.38. The van der Waals surface area contributed by atoms with E-state index < -0.39 is 22.5 Å². The number of amides is 1. The first-order valence-electron chi connectivity index (χ1n) is 10.0. The predicted molar refractivity (Wildman–Crippen MR) is 130 cm³/mol. The minimum Gasteiger partial charge on any atom is -0.497 e. The summed E-state index contributed by atoms with van der Waals surface area (Å²) in [4.78, 5) is 13.1. The Hall–Kier alpha value is -3.23. The number of methoxy groups -OCH3 is 2. The number of anilines is 2. The first kappa shape index (κ1) is 24.4. The zero-order chi connectivity index (χ0) is 24.2. The summed E-state index contributed by atoms with van der Waals surface area (Å²) in [6.45, 7) is 3.18. The van der Waals surface area contributed by atoms with Gasteiger partial charge in [0.1, 0.15) is 18.0 Å². The van der Waals surface area contributed by atoms with Gasteiger partial charge in [-0.3, -0.25) is 9.10 Å². The van der Waals surface area contributed by atoms with Crippen LogP contribution >= 0.6 is 11.6 Å². The normalized spacial score (nSPS) is 11.1. The highest BCUT2D eigenvalue weighted by Crippen LogP contribution is 2.35. The molecule has 0 bridgehead atoms. The smallest absolute Gasteiger partial charge is 0.264 e. The van der Waals surface area contributed by atoms with E-state index in [1.165, 1.54) is 32.4 Å². The number of rotatable bonds is 8. The number of hydrogen-bond donors (Lipinski definition) is 1. The first-order valence-corrected chi connectivity index (χ1v) is 11.8. The Bertz CT molecular complexity index is 1260. The summed E-state index contributed by atoms with van der Waals surface area (Å²) in [7, 11) is -1.22. The van der Waals surface area contributed by atoms with Crippen molar-refractivity contribution in [3.8, 4) is 11.5 Å². The molecule has 1 amide bonds. The summed E-state index contributed by atoms with van der Waals surface area (Å²) in [5, 5.41) is 3.20. The number of nitrogens with zero attached hydrogens (tertiary/aromatic N) is 1. The summed E-state index contributed by atoms with van der Waals surface area (Å²) in [6.07, 6.45) is 0. The Kier molecular flexibility index (Phi) is 7.50. The number of halogens is 1. The van der Waals surface area contributed by atoms with Crippen molar-refractivity contribution in [1.82, 2.24) is 0 Å². The zero-order valence-corrected chi connectivity index (χ0v) is 20.3. The molecule has 0 heterocycles. The molecular formula is C24H25ClN2O5S. The van der Waals surface area contributed by atoms with Crippen LogP contribution in [0.5, 0.6) is 11.5 Å². The van der Waals surface area contributed by atoms with Crippen LogP contribution < -0.4 is 19.1 Å². The second-order valence-corrected chi connectivity index (χ2v) is 9.67. The molecule has 0 atom stereocenters. The third-order valence-corrected chi connectivity index (χ3v) is 7.03. The SMILES string of the molecule is COc1ccc(OC)c(N(CC(=O)Nc2cc(Cl)ccc2C)S(=O)(=O)c2ccc(C)cc2)c1. The molecule has 3 rings (SSSR count). The number of benzene rings is 3. The maximum Gasteiger partial charge on any atom is 0.264 e. The van der Waals surface area contributed by atoms with Gasteiger partial charge < -0.3 is 14.8 Å². The van der Waals surface area contributed by atoms with Gasteiger partial charge in [0.05, 0.1) is 24.8 Å². The molecule has 7 nitrogen and oxygen atoms in total. The Labute approximate surface area is 198 Å². The van der Waals surface area contributed by atoms with Gasteiger partial charge in [-0.15, -0.1) is 0 Å². The van der Waals surface area contributed by atoms with Crippen molar-refractivity contribution in [2.24, 2.45) is 0 Å². The van der Waals surface area contributed by atoms with E-state index in [0.29, 0.717) is 16.5 Å². The van der Waals surface area contributed by atoms with Crippen molar-refractivity contribution < 1.29 is 22.7 Å². The molecule has 9 heteroatoms. The van der Waals surface area contributed by atoms with E-state index in [9.17, 15) is 13.2 Å². The summed E-state index contributed by atoms with van der Waals surface area (Å²) in [5.41, 5.74) is 2.38. The van der Waals surface area contributed by atoms with Crippen molar-refractivity contribution in [1.29, 1.82) is 0 Å². The maximum absolute atomic E-state index is 13.6. The van der Waals surface area contributed by atoms with Crippen LogP contribution in [-0.2, 0) is 14.8 Å². The average molecular weight is 489 g/mol. The van der Waals surface area contributed by atoms with Crippen LogP contribution in [0.4, 0.5) is 11.4 Å². The van der Waals surface area contributed by atoms with Gasteiger partial charge in [-0.05, 0) is 55.8 Å². The highest BCUT2D eigenvalue weighted by molar-refractivity contribution is 7.92. The second-order valence-electron chi connectivity index (χ2n) is 7.37. The van der Waals surface area contributed by atoms with Gasteiger partial charge >= 0.3 is 0 Å². The summed E-state index contributed by atoms with van der Waals surface area (Å²) >= 11 is 6.05. The lowest BCUT2D eigenvalue weighted by atomic mass is 10.2. The van der Waals surface area contributed by atoms with Crippen LogP contribution in [-0.4, -0.2) is 35.1 Å². The van der Waals surface area contributed by atoms with E-state index in [1.54, 1.807) is 42.5 Å². The average Bonchev–Trinajstić information content (AvgIpc) is 2.79. The summed E-state index contributed by atoms with van der Waals surface area (Å²) < 4.78 is 39.0. The molecule has 174 valence electrons. The van der Waals surface area contributed by atoms with Crippen molar-refractivity contribution in [2.75, 3.05) is 30.4 Å². The Morgan fingerprint density at radius 1 is 0.970 bits per heavy atom. The van der Waals surface area contributed by atoms with E-state index in [0.717, 1.165) is 15.4 Å². The van der Waals surface area contributed by atoms with E-state index in [-0.39, 0.29) is 16.3 Å². The predicted octanol–water partition coefficient (Wildman–Crippen LogP) is 4.81. The van der Waals surface area contributed by atoms with Crippen LogP contribution in [0.2, 0.25) is 5.02 Å². The number of ether oxygens (including phenoxy) is 2. The lowest BCUT2D eigenvalue weighted by Gasteiger charge is -2.26. The Balaban J connectivity index is 2.07. The van der Waals surface area contributed by atoms with Gasteiger partial charge in [0.25, 0.3) is 10.0 Å². The molecule has 3 aromatic carbocycles. The quantitative estimate of drug-likeness (QED) is 0.492. The molecule has 33 heavy (non-hydrogen) atoms. The number of carbonyl (C=O) groups excluding carboxylic acids is 1. The van der Waals surface area contributed by atoms with Crippen LogP contribution in [0.25, 0.3) is 0 Å². The minimum atomic E-state index is -4.12. The number of sulfonamides is 1. The van der Waals surface area contributed by atoms with Crippen LogP contribution in [0, 0.1) is 13.8 Å². The van der Waals surface area contributed by atoms with Gasteiger partial charge in [-0.1, -0.05) is 35.4 Å². The van der Waals surface area contributed by atoms with Crippen LogP contribution in [0.15, 0.2) is 65.6 Å². The standard InChI is InChI=1S/C24H25ClN2O5S/c1-16-5-10-20(11-6-16)33(29,30)27(22-14-19(31-3)9-12-23(22)32-4)15-24(28)26-21-13-18(25)8-7-17(21)2/h5-14H,15H2,1-4H3,(H,26,28). The third kappa shape index (κ3) is 5.58. The van der Waals surface area contributed by atoms with Gasteiger partial charge in [0.2, 0.25) is 5.91 Å². The molecule has 0 aromatic heterocycles. The highest BCUT2D eigenvalue weighted by Gasteiger charge is 2.30. The molecular weight excluding hydrogens is 464 g/mol. The van der Waals surface area contributed by atoms with Crippen LogP contribution in [0.3, 0.4) is 0 Å². The molecule has 0 saturated heterocycles. The van der Waals surface area contributed by atoms with Crippen LogP contribution in [0.1, 0.15) is 11.1 Å². The van der Waals surface area contributed by atoms with Crippen molar-refractivity contribution in [2.45, 2.75) is 18.7 Å². The molecule has 0 aliphatic heterocycles. The Morgan fingerprint density at radius 3 is 2.30 bits per heavy atom. The highest BCUT2D eigenvalue weighted by atomic mass is 35.5. The monoisotopic (exact) mass is 488 g/mol. The molecule has 0 radical (unpaired) electrons. The molecule has 0 spiro atoms. The number of carbonyl (C=O) groups is 1. The van der Waals surface area contributed by atoms with E-state index in [2.05, 4.69) is 5.32 Å². The topological polar surface area (TPSA) is 84.9 Å². The largest absolute Gasteiger partial charge is 0.497 e. The first-order chi connectivity index (χ1) is 15.6. The summed E-state index contributed by atoms with van der Waals surface area (Å²) in [6, 6.07) is 16.2.